The molecule has 0 saturated heterocycles. The summed E-state index contributed by atoms with van der Waals surface area (Å²) in [5, 5.41) is 3.32. The van der Waals surface area contributed by atoms with Gasteiger partial charge in [0.05, 0.1) is 19.3 Å². The average molecular weight is 417 g/mol. The van der Waals surface area contributed by atoms with Gasteiger partial charge in [-0.25, -0.2) is 4.79 Å². The van der Waals surface area contributed by atoms with E-state index in [1.807, 2.05) is 24.3 Å². The lowest BCUT2D eigenvalue weighted by atomic mass is 9.93. The lowest BCUT2D eigenvalue weighted by Crippen LogP contribution is -2.52. The standard InChI is InChI=1S/C22H25ClN2O4/c1-22(2,3)29-21(27)25-13-15-8-6-5-7-14(15)11-18(25)20(26)24-17-12-16(23)9-10-19(17)28-4/h5-10,12,18H,11,13H2,1-4H3,(H,24,26)/t18-/m0/s1. The van der Waals surface area contributed by atoms with Crippen molar-refractivity contribution < 1.29 is 19.1 Å². The van der Waals surface area contributed by atoms with Gasteiger partial charge in [0, 0.05) is 11.4 Å². The smallest absolute Gasteiger partial charge is 0.411 e. The van der Waals surface area contributed by atoms with Crippen molar-refractivity contribution in [3.63, 3.8) is 0 Å². The molecule has 0 spiro atoms. The summed E-state index contributed by atoms with van der Waals surface area (Å²) in [6.45, 7) is 5.70. The molecule has 6 nitrogen and oxygen atoms in total. The van der Waals surface area contributed by atoms with Crippen LogP contribution in [0.4, 0.5) is 10.5 Å². The first kappa shape index (κ1) is 21.0. The van der Waals surface area contributed by atoms with Crippen LogP contribution in [0.25, 0.3) is 0 Å². The van der Waals surface area contributed by atoms with Crippen molar-refractivity contribution >= 4 is 29.3 Å². The van der Waals surface area contributed by atoms with E-state index in [-0.39, 0.29) is 5.91 Å². The van der Waals surface area contributed by atoms with Crippen molar-refractivity contribution in [1.29, 1.82) is 0 Å². The first-order chi connectivity index (χ1) is 13.7. The molecule has 154 valence electrons. The number of carbonyl (C=O) groups excluding carboxylic acids is 2. The van der Waals surface area contributed by atoms with Gasteiger partial charge in [-0.2, -0.15) is 0 Å². The van der Waals surface area contributed by atoms with Crippen LogP contribution in [0.3, 0.4) is 0 Å². The van der Waals surface area contributed by atoms with Gasteiger partial charge in [0.1, 0.15) is 17.4 Å². The number of benzene rings is 2. The number of nitrogens with zero attached hydrogens (tertiary/aromatic N) is 1. The molecule has 0 radical (unpaired) electrons. The van der Waals surface area contributed by atoms with Crippen LogP contribution in [0, 0.1) is 0 Å². The lowest BCUT2D eigenvalue weighted by molar-refractivity contribution is -0.121. The number of methoxy groups -OCH3 is 1. The van der Waals surface area contributed by atoms with Gasteiger partial charge in [-0.05, 0) is 50.1 Å². The zero-order chi connectivity index (χ0) is 21.2. The van der Waals surface area contributed by atoms with Crippen molar-refractivity contribution in [2.45, 2.75) is 45.4 Å². The summed E-state index contributed by atoms with van der Waals surface area (Å²) in [4.78, 5) is 27.5. The number of hydrogen-bond donors (Lipinski definition) is 1. The molecule has 7 heteroatoms. The highest BCUT2D eigenvalue weighted by Crippen LogP contribution is 2.30. The average Bonchev–Trinajstić information content (AvgIpc) is 2.65. The molecule has 2 aromatic carbocycles. The molecule has 2 amide bonds. The molecule has 2 aromatic rings. The highest BCUT2D eigenvalue weighted by atomic mass is 35.5. The van der Waals surface area contributed by atoms with Crippen molar-refractivity contribution in [3.8, 4) is 5.75 Å². The lowest BCUT2D eigenvalue weighted by Gasteiger charge is -2.37. The second kappa shape index (κ2) is 8.33. The molecular formula is C22H25ClN2O4. The fourth-order valence-electron chi connectivity index (χ4n) is 3.26. The van der Waals surface area contributed by atoms with Crippen LogP contribution in [-0.2, 0) is 22.5 Å². The quantitative estimate of drug-likeness (QED) is 0.790. The SMILES string of the molecule is COc1ccc(Cl)cc1NC(=O)[C@@H]1Cc2ccccc2CN1C(=O)OC(C)(C)C. The van der Waals surface area contributed by atoms with Crippen molar-refractivity contribution in [2.24, 2.45) is 0 Å². The van der Waals surface area contributed by atoms with Gasteiger partial charge in [0.25, 0.3) is 0 Å². The largest absolute Gasteiger partial charge is 0.495 e. The summed E-state index contributed by atoms with van der Waals surface area (Å²) >= 11 is 6.07. The molecule has 1 atom stereocenters. The number of carbonyl (C=O) groups is 2. The molecule has 1 aliphatic rings. The van der Waals surface area contributed by atoms with Crippen LogP contribution in [0.2, 0.25) is 5.02 Å². The maximum Gasteiger partial charge on any atom is 0.411 e. The molecule has 1 N–H and O–H groups in total. The van der Waals surface area contributed by atoms with Gasteiger partial charge in [-0.1, -0.05) is 35.9 Å². The number of ether oxygens (including phenoxy) is 2. The third kappa shape index (κ3) is 5.01. The normalized spacial score (nSPS) is 16.0. The molecule has 0 unspecified atom stereocenters. The van der Waals surface area contributed by atoms with Crippen LogP contribution in [0.1, 0.15) is 31.9 Å². The van der Waals surface area contributed by atoms with Gasteiger partial charge < -0.3 is 14.8 Å². The fraction of sp³-hybridized carbons (Fsp3) is 0.364. The predicted molar refractivity (Wildman–Crippen MR) is 112 cm³/mol. The molecule has 3 rings (SSSR count). The number of halogens is 1. The molecular weight excluding hydrogens is 392 g/mol. The number of hydrogen-bond acceptors (Lipinski definition) is 4. The van der Waals surface area contributed by atoms with E-state index in [2.05, 4.69) is 5.32 Å². The number of rotatable bonds is 3. The minimum absolute atomic E-state index is 0.301. The third-order valence-corrected chi connectivity index (χ3v) is 4.83. The van der Waals surface area contributed by atoms with E-state index in [1.54, 1.807) is 39.0 Å². The van der Waals surface area contributed by atoms with Crippen molar-refractivity contribution in [3.05, 3.63) is 58.6 Å². The summed E-state index contributed by atoms with van der Waals surface area (Å²) in [7, 11) is 1.52. The van der Waals surface area contributed by atoms with E-state index in [4.69, 9.17) is 21.1 Å². The Morgan fingerprint density at radius 1 is 1.14 bits per heavy atom. The summed E-state index contributed by atoms with van der Waals surface area (Å²) in [6.07, 6.45) is -0.130. The topological polar surface area (TPSA) is 67.9 Å². The van der Waals surface area contributed by atoms with E-state index < -0.39 is 17.7 Å². The number of nitrogens with one attached hydrogen (secondary N) is 1. The molecule has 1 aliphatic heterocycles. The highest BCUT2D eigenvalue weighted by Gasteiger charge is 2.37. The Hall–Kier alpha value is -2.73. The van der Waals surface area contributed by atoms with Crippen molar-refractivity contribution in [2.75, 3.05) is 12.4 Å². The third-order valence-electron chi connectivity index (χ3n) is 4.60. The molecule has 0 saturated carbocycles. The van der Waals surface area contributed by atoms with Crippen LogP contribution in [-0.4, -0.2) is 35.7 Å². The van der Waals surface area contributed by atoms with Crippen LogP contribution in [0.5, 0.6) is 5.75 Å². The Kier molecular flexibility index (Phi) is 6.03. The van der Waals surface area contributed by atoms with Crippen LogP contribution < -0.4 is 10.1 Å². The Balaban J connectivity index is 1.90. The minimum Gasteiger partial charge on any atom is -0.495 e. The summed E-state index contributed by atoms with van der Waals surface area (Å²) in [5.41, 5.74) is 1.83. The van der Waals surface area contributed by atoms with E-state index in [1.165, 1.54) is 12.0 Å². The van der Waals surface area contributed by atoms with Gasteiger partial charge >= 0.3 is 6.09 Å². The molecule has 0 fully saturated rings. The number of amides is 2. The first-order valence-corrected chi connectivity index (χ1v) is 9.76. The first-order valence-electron chi connectivity index (χ1n) is 9.39. The van der Waals surface area contributed by atoms with Gasteiger partial charge in [0.2, 0.25) is 5.91 Å². The van der Waals surface area contributed by atoms with Gasteiger partial charge in [-0.15, -0.1) is 0 Å². The van der Waals surface area contributed by atoms with Crippen LogP contribution in [0.15, 0.2) is 42.5 Å². The molecule has 0 aromatic heterocycles. The Morgan fingerprint density at radius 3 is 2.48 bits per heavy atom. The fourth-order valence-corrected chi connectivity index (χ4v) is 3.44. The minimum atomic E-state index is -0.719. The van der Waals surface area contributed by atoms with E-state index in [0.29, 0.717) is 29.4 Å². The molecule has 1 heterocycles. The second-order valence-corrected chi connectivity index (χ2v) is 8.37. The molecule has 0 bridgehead atoms. The Bertz CT molecular complexity index is 923. The van der Waals surface area contributed by atoms with E-state index in [9.17, 15) is 9.59 Å². The Morgan fingerprint density at radius 2 is 1.83 bits per heavy atom. The Labute approximate surface area is 175 Å². The van der Waals surface area contributed by atoms with Gasteiger partial charge in [-0.3, -0.25) is 9.69 Å². The van der Waals surface area contributed by atoms with E-state index in [0.717, 1.165) is 11.1 Å². The summed E-state index contributed by atoms with van der Waals surface area (Å²) in [6, 6.07) is 12.0. The van der Waals surface area contributed by atoms with Crippen molar-refractivity contribution in [1.82, 2.24) is 4.90 Å². The number of anilines is 1. The highest BCUT2D eigenvalue weighted by molar-refractivity contribution is 6.31. The zero-order valence-electron chi connectivity index (χ0n) is 17.0. The second-order valence-electron chi connectivity index (χ2n) is 7.93. The zero-order valence-corrected chi connectivity index (χ0v) is 17.7. The predicted octanol–water partition coefficient (Wildman–Crippen LogP) is 4.65. The van der Waals surface area contributed by atoms with Gasteiger partial charge in [0.15, 0.2) is 0 Å². The molecule has 0 aliphatic carbocycles. The number of fused-ring (bicyclic) bond motifs is 1. The van der Waals surface area contributed by atoms with E-state index >= 15 is 0 Å². The summed E-state index contributed by atoms with van der Waals surface area (Å²) < 4.78 is 10.9. The van der Waals surface area contributed by atoms with Crippen LogP contribution >= 0.6 is 11.6 Å². The maximum atomic E-state index is 13.2. The molecule has 29 heavy (non-hydrogen) atoms. The maximum absolute atomic E-state index is 13.2. The summed E-state index contributed by atoms with van der Waals surface area (Å²) in [5.74, 6) is 0.161. The monoisotopic (exact) mass is 416 g/mol.